The van der Waals surface area contributed by atoms with Gasteiger partial charge in [0.2, 0.25) is 0 Å². The molecule has 13 heavy (non-hydrogen) atoms. The van der Waals surface area contributed by atoms with E-state index >= 15 is 0 Å². The van der Waals surface area contributed by atoms with E-state index in [9.17, 15) is 18.0 Å². The van der Waals surface area contributed by atoms with Crippen LogP contribution in [0.1, 0.15) is 10.5 Å². The van der Waals surface area contributed by atoms with Crippen molar-refractivity contribution in [3.8, 4) is 0 Å². The lowest BCUT2D eigenvalue weighted by Gasteiger charge is -2.05. The van der Waals surface area contributed by atoms with Crippen molar-refractivity contribution in [2.75, 3.05) is 5.73 Å². The van der Waals surface area contributed by atoms with Crippen LogP contribution in [0.2, 0.25) is 0 Å². The number of nitrogens with two attached hydrogens (primary N) is 1. The van der Waals surface area contributed by atoms with Crippen molar-refractivity contribution in [3.63, 3.8) is 0 Å². The van der Waals surface area contributed by atoms with Crippen molar-refractivity contribution >= 4 is 11.5 Å². The van der Waals surface area contributed by atoms with Gasteiger partial charge in [-0.15, -0.1) is 0 Å². The van der Waals surface area contributed by atoms with E-state index in [1.54, 1.807) is 0 Å². The Kier molecular flexibility index (Phi) is 2.22. The number of aromatic nitrogens is 1. The number of carbonyl (C=O) groups is 1. The van der Waals surface area contributed by atoms with Crippen LogP contribution in [0.3, 0.4) is 0 Å². The zero-order valence-corrected chi connectivity index (χ0v) is 6.30. The average molecular weight is 190 g/mol. The second kappa shape index (κ2) is 3.04. The standard InChI is InChI=1S/C7H5F3N2O/c8-7(9,10)6(13)5-4(11)2-1-3-12-5/h1-3H,11H2. The first kappa shape index (κ1) is 9.50. The van der Waals surface area contributed by atoms with Crippen molar-refractivity contribution in [1.29, 1.82) is 0 Å². The van der Waals surface area contributed by atoms with Gasteiger partial charge in [-0.25, -0.2) is 0 Å². The molecule has 0 aliphatic carbocycles. The fourth-order valence-electron chi connectivity index (χ4n) is 0.742. The van der Waals surface area contributed by atoms with Gasteiger partial charge in [0.05, 0.1) is 5.69 Å². The van der Waals surface area contributed by atoms with Crippen LogP contribution in [0.4, 0.5) is 18.9 Å². The van der Waals surface area contributed by atoms with Crippen LogP contribution in [0, 0.1) is 0 Å². The zero-order chi connectivity index (χ0) is 10.1. The van der Waals surface area contributed by atoms with Gasteiger partial charge in [-0.2, -0.15) is 13.2 Å². The molecule has 0 aliphatic rings. The van der Waals surface area contributed by atoms with Crippen LogP contribution < -0.4 is 5.73 Å². The molecular weight excluding hydrogens is 185 g/mol. The smallest absolute Gasteiger partial charge is 0.397 e. The first-order valence-corrected chi connectivity index (χ1v) is 3.25. The highest BCUT2D eigenvalue weighted by Crippen LogP contribution is 2.22. The summed E-state index contributed by atoms with van der Waals surface area (Å²) in [7, 11) is 0. The third-order valence-electron chi connectivity index (χ3n) is 1.31. The first-order valence-electron chi connectivity index (χ1n) is 3.25. The summed E-state index contributed by atoms with van der Waals surface area (Å²) in [5, 5.41) is 0. The summed E-state index contributed by atoms with van der Waals surface area (Å²) in [6, 6.07) is 2.54. The summed E-state index contributed by atoms with van der Waals surface area (Å²) < 4.78 is 35.6. The third-order valence-corrected chi connectivity index (χ3v) is 1.31. The minimum absolute atomic E-state index is 0.273. The molecule has 0 atom stereocenters. The van der Waals surface area contributed by atoms with Crippen LogP contribution in [0.15, 0.2) is 18.3 Å². The molecular formula is C7H5F3N2O. The Balaban J connectivity index is 3.10. The fourth-order valence-corrected chi connectivity index (χ4v) is 0.742. The molecule has 0 spiro atoms. The van der Waals surface area contributed by atoms with E-state index in [0.29, 0.717) is 0 Å². The molecule has 1 heterocycles. The molecule has 3 nitrogen and oxygen atoms in total. The Morgan fingerprint density at radius 1 is 1.46 bits per heavy atom. The van der Waals surface area contributed by atoms with Crippen molar-refractivity contribution < 1.29 is 18.0 Å². The molecule has 0 radical (unpaired) electrons. The molecule has 0 aliphatic heterocycles. The predicted octanol–water partition coefficient (Wildman–Crippen LogP) is 1.41. The maximum atomic E-state index is 11.9. The van der Waals surface area contributed by atoms with Gasteiger partial charge in [-0.3, -0.25) is 9.78 Å². The van der Waals surface area contributed by atoms with Gasteiger partial charge in [0.1, 0.15) is 5.69 Å². The number of carbonyl (C=O) groups excluding carboxylic acids is 1. The van der Waals surface area contributed by atoms with E-state index in [1.807, 2.05) is 0 Å². The third kappa shape index (κ3) is 1.95. The highest BCUT2D eigenvalue weighted by Gasteiger charge is 2.41. The SMILES string of the molecule is Nc1cccnc1C(=O)C(F)(F)F. The molecule has 0 saturated heterocycles. The summed E-state index contributed by atoms with van der Waals surface area (Å²) >= 11 is 0. The van der Waals surface area contributed by atoms with Crippen molar-refractivity contribution in [1.82, 2.24) is 4.98 Å². The summed E-state index contributed by atoms with van der Waals surface area (Å²) in [6.45, 7) is 0. The van der Waals surface area contributed by atoms with E-state index < -0.39 is 17.7 Å². The van der Waals surface area contributed by atoms with Gasteiger partial charge in [0, 0.05) is 6.20 Å². The number of ketones is 1. The Bertz CT molecular complexity index is 335. The normalized spacial score (nSPS) is 11.3. The van der Waals surface area contributed by atoms with Gasteiger partial charge in [0.25, 0.3) is 5.78 Å². The molecule has 0 unspecified atom stereocenters. The van der Waals surface area contributed by atoms with E-state index in [-0.39, 0.29) is 5.69 Å². The second-order valence-electron chi connectivity index (χ2n) is 2.27. The zero-order valence-electron chi connectivity index (χ0n) is 6.30. The Hall–Kier alpha value is -1.59. The Morgan fingerprint density at radius 3 is 2.54 bits per heavy atom. The molecule has 1 aromatic rings. The lowest BCUT2D eigenvalue weighted by Crippen LogP contribution is -2.24. The number of nitrogens with zero attached hydrogens (tertiary/aromatic N) is 1. The lowest BCUT2D eigenvalue weighted by atomic mass is 10.2. The molecule has 1 aromatic heterocycles. The highest BCUT2D eigenvalue weighted by molar-refractivity contribution is 6.02. The summed E-state index contributed by atoms with van der Waals surface area (Å²) in [4.78, 5) is 13.9. The number of pyridine rings is 1. The van der Waals surface area contributed by atoms with Crippen molar-refractivity contribution in [2.24, 2.45) is 0 Å². The number of halogens is 3. The molecule has 2 N–H and O–H groups in total. The van der Waals surface area contributed by atoms with Crippen LogP contribution >= 0.6 is 0 Å². The maximum absolute atomic E-state index is 11.9. The monoisotopic (exact) mass is 190 g/mol. The second-order valence-corrected chi connectivity index (χ2v) is 2.27. The van der Waals surface area contributed by atoms with E-state index in [0.717, 1.165) is 6.20 Å². The first-order chi connectivity index (χ1) is 5.93. The van der Waals surface area contributed by atoms with Crippen LogP contribution in [0.25, 0.3) is 0 Å². The number of alkyl halides is 3. The lowest BCUT2D eigenvalue weighted by molar-refractivity contribution is -0.0887. The van der Waals surface area contributed by atoms with Gasteiger partial charge >= 0.3 is 6.18 Å². The summed E-state index contributed by atoms with van der Waals surface area (Å²) in [6.07, 6.45) is -3.85. The number of Topliss-reactive ketones (excluding diaryl/α,β-unsaturated/α-hetero) is 1. The molecule has 0 fully saturated rings. The molecule has 0 bridgehead atoms. The Labute approximate surface area is 71.4 Å². The number of nitrogen functional groups attached to an aromatic ring is 1. The van der Waals surface area contributed by atoms with Crippen LogP contribution in [-0.2, 0) is 0 Å². The molecule has 6 heteroatoms. The molecule has 0 amide bonds. The number of anilines is 1. The van der Waals surface area contributed by atoms with Crippen molar-refractivity contribution in [3.05, 3.63) is 24.0 Å². The predicted molar refractivity (Wildman–Crippen MR) is 39.0 cm³/mol. The molecule has 0 aromatic carbocycles. The van der Waals surface area contributed by atoms with E-state index in [1.165, 1.54) is 12.1 Å². The number of rotatable bonds is 1. The minimum Gasteiger partial charge on any atom is -0.397 e. The average Bonchev–Trinajstić information content (AvgIpc) is 2.02. The summed E-state index contributed by atoms with van der Waals surface area (Å²) in [5.41, 5.74) is 4.11. The van der Waals surface area contributed by atoms with Crippen molar-refractivity contribution in [2.45, 2.75) is 6.18 Å². The Morgan fingerprint density at radius 2 is 2.08 bits per heavy atom. The fraction of sp³-hybridized carbons (Fsp3) is 0.143. The number of hydrogen-bond donors (Lipinski definition) is 1. The highest BCUT2D eigenvalue weighted by atomic mass is 19.4. The van der Waals surface area contributed by atoms with Crippen LogP contribution in [-0.4, -0.2) is 16.9 Å². The molecule has 0 saturated carbocycles. The van der Waals surface area contributed by atoms with Gasteiger partial charge in [-0.05, 0) is 12.1 Å². The van der Waals surface area contributed by atoms with Gasteiger partial charge in [0.15, 0.2) is 0 Å². The number of hydrogen-bond acceptors (Lipinski definition) is 3. The molecule has 1 rings (SSSR count). The van der Waals surface area contributed by atoms with Gasteiger partial charge < -0.3 is 5.73 Å². The quantitative estimate of drug-likeness (QED) is 0.681. The topological polar surface area (TPSA) is 56.0 Å². The van der Waals surface area contributed by atoms with E-state index in [4.69, 9.17) is 5.73 Å². The summed E-state index contributed by atoms with van der Waals surface area (Å²) in [5.74, 6) is -2.02. The maximum Gasteiger partial charge on any atom is 0.456 e. The largest absolute Gasteiger partial charge is 0.456 e. The van der Waals surface area contributed by atoms with Crippen LogP contribution in [0.5, 0.6) is 0 Å². The van der Waals surface area contributed by atoms with E-state index in [2.05, 4.69) is 4.98 Å². The molecule has 70 valence electrons. The van der Waals surface area contributed by atoms with Gasteiger partial charge in [-0.1, -0.05) is 0 Å². The minimum atomic E-state index is -4.93.